The Morgan fingerprint density at radius 1 is 1.12 bits per heavy atom. The number of hydrogen-bond acceptors (Lipinski definition) is 3. The molecular formula is C18H18ClN5O. The van der Waals surface area contributed by atoms with Crippen LogP contribution in [0.25, 0.3) is 10.9 Å². The fourth-order valence-corrected chi connectivity index (χ4v) is 3.34. The van der Waals surface area contributed by atoms with Crippen LogP contribution in [0.3, 0.4) is 0 Å². The van der Waals surface area contributed by atoms with E-state index in [4.69, 9.17) is 11.6 Å². The zero-order valence-electron chi connectivity index (χ0n) is 13.6. The van der Waals surface area contributed by atoms with E-state index in [1.807, 2.05) is 47.4 Å². The topological polar surface area (TPSA) is 64.3 Å². The second kappa shape index (κ2) is 6.64. The number of benzene rings is 2. The number of carbonyl (C=O) groups excluding carboxylic acids is 1. The van der Waals surface area contributed by atoms with Gasteiger partial charge in [-0.25, -0.2) is 4.79 Å². The van der Waals surface area contributed by atoms with Crippen LogP contribution in [0.15, 0.2) is 48.7 Å². The average molecular weight is 356 g/mol. The van der Waals surface area contributed by atoms with E-state index in [-0.39, 0.29) is 6.03 Å². The molecule has 2 N–H and O–H groups in total. The molecule has 4 rings (SSSR count). The summed E-state index contributed by atoms with van der Waals surface area (Å²) in [7, 11) is 0. The lowest BCUT2D eigenvalue weighted by Crippen LogP contribution is -2.50. The van der Waals surface area contributed by atoms with Crippen molar-refractivity contribution in [3.8, 4) is 0 Å². The molecule has 25 heavy (non-hydrogen) atoms. The molecule has 2 heterocycles. The van der Waals surface area contributed by atoms with Crippen LogP contribution < -0.4 is 10.2 Å². The van der Waals surface area contributed by atoms with Crippen molar-refractivity contribution < 1.29 is 4.79 Å². The highest BCUT2D eigenvalue weighted by atomic mass is 35.5. The van der Waals surface area contributed by atoms with E-state index in [0.717, 1.165) is 40.4 Å². The molecule has 0 bridgehead atoms. The van der Waals surface area contributed by atoms with Crippen molar-refractivity contribution >= 4 is 39.9 Å². The largest absolute Gasteiger partial charge is 0.367 e. The van der Waals surface area contributed by atoms with Crippen LogP contribution in [-0.4, -0.2) is 47.3 Å². The third-order valence-corrected chi connectivity index (χ3v) is 4.77. The number of nitrogens with one attached hydrogen (secondary N) is 2. The molecule has 7 heteroatoms. The fraction of sp³-hybridized carbons (Fsp3) is 0.222. The van der Waals surface area contributed by atoms with Gasteiger partial charge in [-0.3, -0.25) is 5.10 Å². The number of halogens is 1. The number of carbonyl (C=O) groups is 1. The molecule has 1 aliphatic rings. The number of H-pyrrole nitrogens is 1. The quantitative estimate of drug-likeness (QED) is 0.738. The van der Waals surface area contributed by atoms with Crippen molar-refractivity contribution in [2.45, 2.75) is 0 Å². The maximum Gasteiger partial charge on any atom is 0.321 e. The standard InChI is InChI=1S/C18H18ClN5O/c19-15-3-1-2-4-17(15)23-7-9-24(10-8-23)18(25)21-14-5-6-16-13(11-14)12-20-22-16/h1-6,11-12H,7-10H2,(H,20,22)(H,21,25). The Morgan fingerprint density at radius 3 is 2.72 bits per heavy atom. The molecule has 3 aromatic rings. The lowest BCUT2D eigenvalue weighted by molar-refractivity contribution is 0.208. The Kier molecular flexibility index (Phi) is 4.19. The Morgan fingerprint density at radius 2 is 1.92 bits per heavy atom. The summed E-state index contributed by atoms with van der Waals surface area (Å²) in [5, 5.41) is 11.6. The Labute approximate surface area is 150 Å². The minimum absolute atomic E-state index is 0.0818. The van der Waals surface area contributed by atoms with E-state index in [0.29, 0.717) is 13.1 Å². The minimum Gasteiger partial charge on any atom is -0.367 e. The summed E-state index contributed by atoms with van der Waals surface area (Å²) in [5.74, 6) is 0. The van der Waals surface area contributed by atoms with E-state index in [9.17, 15) is 4.79 Å². The van der Waals surface area contributed by atoms with Gasteiger partial charge in [-0.2, -0.15) is 5.10 Å². The molecule has 6 nitrogen and oxygen atoms in total. The number of anilines is 2. The summed E-state index contributed by atoms with van der Waals surface area (Å²) in [4.78, 5) is 16.5. The van der Waals surface area contributed by atoms with Gasteiger partial charge in [0.05, 0.1) is 22.4 Å². The van der Waals surface area contributed by atoms with Crippen molar-refractivity contribution in [1.82, 2.24) is 15.1 Å². The van der Waals surface area contributed by atoms with Crippen LogP contribution >= 0.6 is 11.6 Å². The van der Waals surface area contributed by atoms with Crippen LogP contribution in [-0.2, 0) is 0 Å². The molecule has 1 aliphatic heterocycles. The molecule has 0 atom stereocenters. The van der Waals surface area contributed by atoms with Gasteiger partial charge in [-0.1, -0.05) is 23.7 Å². The molecule has 128 valence electrons. The van der Waals surface area contributed by atoms with Gasteiger partial charge in [0.25, 0.3) is 0 Å². The Bertz CT molecular complexity index is 901. The van der Waals surface area contributed by atoms with Gasteiger partial charge in [-0.15, -0.1) is 0 Å². The first kappa shape index (κ1) is 15.8. The molecule has 1 fully saturated rings. The van der Waals surface area contributed by atoms with Gasteiger partial charge in [0.1, 0.15) is 0 Å². The highest BCUT2D eigenvalue weighted by molar-refractivity contribution is 6.33. The first-order chi connectivity index (χ1) is 12.2. The molecule has 2 aromatic carbocycles. The van der Waals surface area contributed by atoms with Crippen LogP contribution in [0.1, 0.15) is 0 Å². The average Bonchev–Trinajstić information content (AvgIpc) is 3.10. The summed E-state index contributed by atoms with van der Waals surface area (Å²) in [6, 6.07) is 13.4. The number of nitrogens with zero attached hydrogens (tertiary/aromatic N) is 3. The van der Waals surface area contributed by atoms with E-state index in [1.54, 1.807) is 6.20 Å². The number of fused-ring (bicyclic) bond motifs is 1. The first-order valence-corrected chi connectivity index (χ1v) is 8.57. The zero-order chi connectivity index (χ0) is 17.2. The van der Waals surface area contributed by atoms with Gasteiger partial charge in [-0.05, 0) is 30.3 Å². The normalized spacial score (nSPS) is 14.8. The van der Waals surface area contributed by atoms with Gasteiger partial charge in [0.15, 0.2) is 0 Å². The van der Waals surface area contributed by atoms with Crippen molar-refractivity contribution in [3.05, 3.63) is 53.7 Å². The van der Waals surface area contributed by atoms with Crippen molar-refractivity contribution in [3.63, 3.8) is 0 Å². The number of piperazine rings is 1. The smallest absolute Gasteiger partial charge is 0.321 e. The zero-order valence-corrected chi connectivity index (χ0v) is 14.3. The van der Waals surface area contributed by atoms with Gasteiger partial charge < -0.3 is 15.1 Å². The summed E-state index contributed by atoms with van der Waals surface area (Å²) in [5.41, 5.74) is 2.74. The predicted octanol–water partition coefficient (Wildman–Crippen LogP) is 3.57. The van der Waals surface area contributed by atoms with E-state index >= 15 is 0 Å². The third-order valence-electron chi connectivity index (χ3n) is 4.45. The van der Waals surface area contributed by atoms with Gasteiger partial charge in [0, 0.05) is 37.3 Å². The number of aromatic nitrogens is 2. The molecular weight excluding hydrogens is 338 g/mol. The summed E-state index contributed by atoms with van der Waals surface area (Å²) < 4.78 is 0. The minimum atomic E-state index is -0.0818. The Hall–Kier alpha value is -2.73. The van der Waals surface area contributed by atoms with E-state index < -0.39 is 0 Å². The lowest BCUT2D eigenvalue weighted by atomic mass is 10.2. The number of para-hydroxylation sites is 1. The SMILES string of the molecule is O=C(Nc1ccc2[nH]ncc2c1)N1CCN(c2ccccc2Cl)CC1. The second-order valence-electron chi connectivity index (χ2n) is 6.03. The maximum atomic E-state index is 12.5. The number of amides is 2. The fourth-order valence-electron chi connectivity index (χ4n) is 3.08. The molecule has 0 unspecified atom stereocenters. The molecule has 2 amide bonds. The first-order valence-electron chi connectivity index (χ1n) is 8.19. The maximum absolute atomic E-state index is 12.5. The predicted molar refractivity (Wildman–Crippen MR) is 100 cm³/mol. The molecule has 1 saturated heterocycles. The molecule has 0 saturated carbocycles. The summed E-state index contributed by atoms with van der Waals surface area (Å²) >= 11 is 6.26. The monoisotopic (exact) mass is 355 g/mol. The van der Waals surface area contributed by atoms with Crippen molar-refractivity contribution in [2.75, 3.05) is 36.4 Å². The molecule has 0 spiro atoms. The van der Waals surface area contributed by atoms with Gasteiger partial charge >= 0.3 is 6.03 Å². The van der Waals surface area contributed by atoms with Crippen molar-refractivity contribution in [1.29, 1.82) is 0 Å². The van der Waals surface area contributed by atoms with Crippen LogP contribution in [0.2, 0.25) is 5.02 Å². The number of urea groups is 1. The molecule has 1 aromatic heterocycles. The van der Waals surface area contributed by atoms with E-state index in [1.165, 1.54) is 0 Å². The second-order valence-corrected chi connectivity index (χ2v) is 6.43. The summed E-state index contributed by atoms with van der Waals surface area (Å²) in [6.07, 6.45) is 1.74. The van der Waals surface area contributed by atoms with Crippen molar-refractivity contribution in [2.24, 2.45) is 0 Å². The van der Waals surface area contributed by atoms with Crippen LogP contribution in [0.4, 0.5) is 16.2 Å². The number of rotatable bonds is 2. The lowest BCUT2D eigenvalue weighted by Gasteiger charge is -2.36. The highest BCUT2D eigenvalue weighted by Crippen LogP contribution is 2.26. The molecule has 0 aliphatic carbocycles. The number of hydrogen-bond donors (Lipinski definition) is 2. The van der Waals surface area contributed by atoms with Gasteiger partial charge in [0.2, 0.25) is 0 Å². The number of aromatic amines is 1. The Balaban J connectivity index is 1.38. The third kappa shape index (κ3) is 3.25. The molecule has 0 radical (unpaired) electrons. The summed E-state index contributed by atoms with van der Waals surface area (Å²) in [6.45, 7) is 2.84. The van der Waals surface area contributed by atoms with Crippen LogP contribution in [0, 0.1) is 0 Å². The highest BCUT2D eigenvalue weighted by Gasteiger charge is 2.22. The van der Waals surface area contributed by atoms with E-state index in [2.05, 4.69) is 20.4 Å². The van der Waals surface area contributed by atoms with Crippen LogP contribution in [0.5, 0.6) is 0 Å².